The van der Waals surface area contributed by atoms with Crippen molar-refractivity contribution in [3.8, 4) is 0 Å². The molecule has 0 aliphatic heterocycles. The monoisotopic (exact) mass is 408 g/mol. The molecule has 2 rings (SSSR count). The van der Waals surface area contributed by atoms with Crippen LogP contribution in [0.1, 0.15) is 58.0 Å². The minimum absolute atomic E-state index is 0.0162. The quantitative estimate of drug-likeness (QED) is 0.515. The van der Waals surface area contributed by atoms with Crippen LogP contribution in [0.15, 0.2) is 30.3 Å². The molecule has 0 spiro atoms. The Morgan fingerprint density at radius 1 is 1.12 bits per heavy atom. The molecule has 25 heavy (non-hydrogen) atoms. The Morgan fingerprint density at radius 3 is 2.28 bits per heavy atom. The van der Waals surface area contributed by atoms with Crippen molar-refractivity contribution in [1.29, 1.82) is 0 Å². The predicted octanol–water partition coefficient (Wildman–Crippen LogP) is 3.74. The van der Waals surface area contributed by atoms with E-state index in [0.717, 1.165) is 5.56 Å². The number of nitrogens with zero attached hydrogens (tertiary/aromatic N) is 2. The first-order valence-corrected chi connectivity index (χ1v) is 9.03. The Hall–Kier alpha value is -2.15. The summed E-state index contributed by atoms with van der Waals surface area (Å²) in [4.78, 5) is 29.0. The zero-order valence-corrected chi connectivity index (χ0v) is 16.1. The van der Waals surface area contributed by atoms with E-state index in [-0.39, 0.29) is 29.4 Å². The second-order valence-electron chi connectivity index (χ2n) is 5.30. The first-order valence-electron chi connectivity index (χ1n) is 8.12. The van der Waals surface area contributed by atoms with Crippen LogP contribution in [0.2, 0.25) is 0 Å². The Morgan fingerprint density at radius 2 is 1.72 bits per heavy atom. The first kappa shape index (κ1) is 19.2. The summed E-state index contributed by atoms with van der Waals surface area (Å²) in [6.07, 6.45) is 0. The van der Waals surface area contributed by atoms with Crippen LogP contribution in [-0.2, 0) is 16.0 Å². The molecule has 0 amide bonds. The molecule has 0 saturated carbocycles. The first-order chi connectivity index (χ1) is 12.0. The molecule has 0 aliphatic carbocycles. The average molecular weight is 409 g/mol. The zero-order chi connectivity index (χ0) is 18.4. The predicted molar refractivity (Wildman–Crippen MR) is 97.0 cm³/mol. The number of rotatable bonds is 7. The molecule has 0 fully saturated rings. The summed E-state index contributed by atoms with van der Waals surface area (Å²) >= 11 is 3.48. The third kappa shape index (κ3) is 4.48. The summed E-state index contributed by atoms with van der Waals surface area (Å²) in [6, 6.07) is 9.64. The highest BCUT2D eigenvalue weighted by Crippen LogP contribution is 2.26. The lowest BCUT2D eigenvalue weighted by molar-refractivity contribution is 0.0467. The minimum atomic E-state index is -0.633. The van der Waals surface area contributed by atoms with E-state index in [4.69, 9.17) is 9.47 Å². The van der Waals surface area contributed by atoms with E-state index < -0.39 is 11.9 Å². The fraction of sp³-hybridized carbons (Fsp3) is 0.389. The van der Waals surface area contributed by atoms with Gasteiger partial charge in [-0.1, -0.05) is 46.3 Å². The number of esters is 2. The van der Waals surface area contributed by atoms with E-state index in [1.807, 2.05) is 37.3 Å². The van der Waals surface area contributed by atoms with Crippen molar-refractivity contribution in [2.24, 2.45) is 0 Å². The van der Waals surface area contributed by atoms with Gasteiger partial charge >= 0.3 is 11.9 Å². The summed E-state index contributed by atoms with van der Waals surface area (Å²) in [5, 5.41) is 0. The number of benzene rings is 1. The molecule has 7 heteroatoms. The summed E-state index contributed by atoms with van der Waals surface area (Å²) in [5.74, 6) is -0.657. The van der Waals surface area contributed by atoms with Crippen molar-refractivity contribution in [1.82, 2.24) is 9.55 Å². The lowest BCUT2D eigenvalue weighted by Gasteiger charge is -2.13. The third-order valence-corrected chi connectivity index (χ3v) is 3.88. The number of hydrogen-bond acceptors (Lipinski definition) is 5. The van der Waals surface area contributed by atoms with Gasteiger partial charge in [0.25, 0.3) is 0 Å². The molecule has 134 valence electrons. The number of aromatic nitrogens is 2. The number of carbonyl (C=O) groups is 2. The minimum Gasteiger partial charge on any atom is -0.461 e. The van der Waals surface area contributed by atoms with E-state index in [1.165, 1.54) is 0 Å². The molecular formula is C18H21BrN2O4. The number of carbonyl (C=O) groups excluding carboxylic acids is 2. The number of imidazole rings is 1. The van der Waals surface area contributed by atoms with Crippen molar-refractivity contribution in [2.75, 3.05) is 13.2 Å². The van der Waals surface area contributed by atoms with Crippen LogP contribution < -0.4 is 0 Å². The van der Waals surface area contributed by atoms with Gasteiger partial charge in [-0.05, 0) is 26.3 Å². The van der Waals surface area contributed by atoms with Crippen molar-refractivity contribution in [3.63, 3.8) is 0 Å². The Balaban J connectivity index is 2.59. The molecule has 1 aromatic carbocycles. The Kier molecular flexibility index (Phi) is 6.75. The van der Waals surface area contributed by atoms with Crippen LogP contribution in [0.25, 0.3) is 0 Å². The van der Waals surface area contributed by atoms with Crippen molar-refractivity contribution in [2.45, 2.75) is 32.1 Å². The van der Waals surface area contributed by atoms with Gasteiger partial charge < -0.3 is 14.0 Å². The maximum Gasteiger partial charge on any atom is 0.359 e. The Labute approximate surface area is 155 Å². The molecule has 1 atom stereocenters. The molecule has 1 unspecified atom stereocenters. The number of halogens is 1. The van der Waals surface area contributed by atoms with Crippen molar-refractivity contribution >= 4 is 27.9 Å². The van der Waals surface area contributed by atoms with Crippen molar-refractivity contribution in [3.05, 3.63) is 53.1 Å². The van der Waals surface area contributed by atoms with Gasteiger partial charge in [0.15, 0.2) is 11.4 Å². The lowest BCUT2D eigenvalue weighted by Crippen LogP contribution is -2.19. The maximum absolute atomic E-state index is 12.5. The van der Waals surface area contributed by atoms with Crippen LogP contribution in [0, 0.1) is 0 Å². The van der Waals surface area contributed by atoms with Gasteiger partial charge in [-0.3, -0.25) is 0 Å². The molecule has 0 saturated heterocycles. The lowest BCUT2D eigenvalue weighted by atomic mass is 10.2. The van der Waals surface area contributed by atoms with Gasteiger partial charge in [0.1, 0.15) is 5.82 Å². The van der Waals surface area contributed by atoms with Crippen LogP contribution in [0.5, 0.6) is 0 Å². The fourth-order valence-corrected chi connectivity index (χ4v) is 2.80. The number of ether oxygens (including phenoxy) is 2. The molecule has 0 aliphatic rings. The van der Waals surface area contributed by atoms with E-state index in [1.54, 1.807) is 18.4 Å². The second kappa shape index (κ2) is 8.80. The highest BCUT2D eigenvalue weighted by Gasteiger charge is 2.30. The van der Waals surface area contributed by atoms with Crippen LogP contribution in [0.4, 0.5) is 0 Å². The van der Waals surface area contributed by atoms with E-state index in [9.17, 15) is 9.59 Å². The highest BCUT2D eigenvalue weighted by atomic mass is 79.9. The van der Waals surface area contributed by atoms with Gasteiger partial charge in [-0.25, -0.2) is 14.6 Å². The Bertz CT molecular complexity index is 741. The van der Waals surface area contributed by atoms with Gasteiger partial charge in [0.2, 0.25) is 0 Å². The third-order valence-electron chi connectivity index (χ3n) is 3.47. The second-order valence-corrected chi connectivity index (χ2v) is 6.67. The highest BCUT2D eigenvalue weighted by molar-refractivity contribution is 9.09. The summed E-state index contributed by atoms with van der Waals surface area (Å²) in [7, 11) is 0. The molecule has 0 radical (unpaired) electrons. The standard InChI is InChI=1S/C18H21BrN2O4/c1-4-24-17(22)14-15(18(23)25-5-2)21(16(20-14)12(3)19)11-13-9-7-6-8-10-13/h6-10,12H,4-5,11H2,1-3H3. The molecule has 0 N–H and O–H groups in total. The summed E-state index contributed by atoms with van der Waals surface area (Å²) in [6.45, 7) is 6.10. The topological polar surface area (TPSA) is 70.4 Å². The molecule has 1 aromatic heterocycles. The van der Waals surface area contributed by atoms with Gasteiger partial charge in [-0.2, -0.15) is 0 Å². The van der Waals surface area contributed by atoms with E-state index in [0.29, 0.717) is 12.4 Å². The average Bonchev–Trinajstić information content (AvgIpc) is 2.96. The van der Waals surface area contributed by atoms with Gasteiger partial charge in [0, 0.05) is 6.54 Å². The summed E-state index contributed by atoms with van der Waals surface area (Å²) in [5.41, 5.74) is 1.08. The smallest absolute Gasteiger partial charge is 0.359 e. The molecular weight excluding hydrogens is 388 g/mol. The largest absolute Gasteiger partial charge is 0.461 e. The van der Waals surface area contributed by atoms with Crippen LogP contribution >= 0.6 is 15.9 Å². The van der Waals surface area contributed by atoms with E-state index >= 15 is 0 Å². The zero-order valence-electron chi connectivity index (χ0n) is 14.5. The number of alkyl halides is 1. The van der Waals surface area contributed by atoms with Gasteiger partial charge in [-0.15, -0.1) is 0 Å². The number of hydrogen-bond donors (Lipinski definition) is 0. The molecule has 6 nitrogen and oxygen atoms in total. The van der Waals surface area contributed by atoms with Crippen LogP contribution in [-0.4, -0.2) is 34.7 Å². The van der Waals surface area contributed by atoms with E-state index in [2.05, 4.69) is 20.9 Å². The molecule has 1 heterocycles. The molecule has 0 bridgehead atoms. The van der Waals surface area contributed by atoms with Crippen molar-refractivity contribution < 1.29 is 19.1 Å². The summed E-state index contributed by atoms with van der Waals surface area (Å²) < 4.78 is 11.9. The fourth-order valence-electron chi connectivity index (χ4n) is 2.45. The SMILES string of the molecule is CCOC(=O)c1nc(C(C)Br)n(Cc2ccccc2)c1C(=O)OCC. The maximum atomic E-state index is 12.5. The normalized spacial score (nSPS) is 11.8. The van der Waals surface area contributed by atoms with Gasteiger partial charge in [0.05, 0.1) is 18.0 Å². The molecule has 2 aromatic rings. The van der Waals surface area contributed by atoms with Crippen LogP contribution in [0.3, 0.4) is 0 Å².